The van der Waals surface area contributed by atoms with E-state index in [2.05, 4.69) is 31.6 Å². The molecule has 2 aliphatic rings. The molecule has 10 rings (SSSR count). The third-order valence-corrected chi connectivity index (χ3v) is 20.4. The fraction of sp³-hybridized carbons (Fsp3) is 0.362. The maximum absolute atomic E-state index is 14.4. The second-order valence-corrected chi connectivity index (χ2v) is 26.9. The number of unbranched alkanes of at least 4 members (excludes halogenated alkanes) is 1. The number of aryl methyl sites for hydroxylation is 1. The highest BCUT2D eigenvalue weighted by Crippen LogP contribution is 2.42. The number of nitrogens with zero attached hydrogens (tertiary/aromatic N) is 8. The van der Waals surface area contributed by atoms with E-state index in [1.807, 2.05) is 13.8 Å². The summed E-state index contributed by atoms with van der Waals surface area (Å²) in [4.78, 5) is 144. The number of hydrogen-bond acceptors (Lipinski definition) is 23. The molecule has 1 aromatic carbocycles. The van der Waals surface area contributed by atoms with Gasteiger partial charge in [-0.2, -0.15) is 0 Å². The van der Waals surface area contributed by atoms with Gasteiger partial charge in [0, 0.05) is 59.1 Å². The number of ether oxygens (including phenoxy) is 1. The number of aliphatic hydroxyl groups excluding tert-OH is 1. The van der Waals surface area contributed by atoms with Gasteiger partial charge in [-0.1, -0.05) is 44.2 Å². The molecule has 31 heteroatoms. The maximum atomic E-state index is 14.4. The number of amides is 6. The van der Waals surface area contributed by atoms with Crippen LogP contribution >= 0.6 is 68.0 Å². The summed E-state index contributed by atoms with van der Waals surface area (Å²) in [7, 11) is 2.92. The van der Waals surface area contributed by atoms with Gasteiger partial charge in [-0.25, -0.2) is 34.9 Å². The first-order valence-corrected chi connectivity index (χ1v) is 33.1. The van der Waals surface area contributed by atoms with Crippen LogP contribution in [-0.4, -0.2) is 125 Å². The van der Waals surface area contributed by atoms with Gasteiger partial charge in [-0.3, -0.25) is 43.3 Å². The van der Waals surface area contributed by atoms with Crippen LogP contribution in [0.4, 0.5) is 5.82 Å². The van der Waals surface area contributed by atoms with Gasteiger partial charge in [0.05, 0.1) is 54.1 Å². The van der Waals surface area contributed by atoms with Crippen LogP contribution in [0.5, 0.6) is 0 Å². The number of aliphatic carboxylic acids is 2. The van der Waals surface area contributed by atoms with Crippen molar-refractivity contribution in [1.82, 2.24) is 61.5 Å². The molecule has 8 aromatic rings. The highest BCUT2D eigenvalue weighted by molar-refractivity contribution is 7.15. The van der Waals surface area contributed by atoms with Gasteiger partial charge >= 0.3 is 11.9 Å². The minimum absolute atomic E-state index is 0.0103. The van der Waals surface area contributed by atoms with Gasteiger partial charge in [0.15, 0.2) is 0 Å². The van der Waals surface area contributed by atoms with E-state index in [0.29, 0.717) is 88.0 Å². The number of anilines is 1. The Labute approximate surface area is 532 Å². The van der Waals surface area contributed by atoms with Crippen molar-refractivity contribution in [2.45, 2.75) is 90.1 Å². The molecule has 7 aromatic heterocycles. The molecule has 1 aliphatic heterocycles. The lowest BCUT2D eigenvalue weighted by Crippen LogP contribution is -2.46. The monoisotopic (exact) mass is 1320 g/mol. The van der Waals surface area contributed by atoms with E-state index >= 15 is 0 Å². The average Bonchev–Trinajstić information content (AvgIpc) is 1.87. The van der Waals surface area contributed by atoms with E-state index in [1.165, 1.54) is 41.7 Å². The number of aromatic nitrogens is 7. The van der Waals surface area contributed by atoms with E-state index in [-0.39, 0.29) is 66.2 Å². The number of methoxy groups -OCH3 is 1. The highest BCUT2D eigenvalue weighted by Gasteiger charge is 2.44. The van der Waals surface area contributed by atoms with Crippen molar-refractivity contribution < 1.29 is 58.4 Å². The Kier molecular flexibility index (Phi) is 20.2. The quantitative estimate of drug-likeness (QED) is 0.0424. The Morgan fingerprint density at radius 1 is 0.697 bits per heavy atom. The number of thiazole rings is 6. The van der Waals surface area contributed by atoms with Crippen LogP contribution in [0, 0.1) is 24.7 Å². The molecule has 0 saturated heterocycles. The zero-order valence-electron chi connectivity index (χ0n) is 48.3. The lowest BCUT2D eigenvalue weighted by molar-refractivity contribution is -0.152. The Hall–Kier alpha value is -8.17. The van der Waals surface area contributed by atoms with Gasteiger partial charge in [0.1, 0.15) is 82.2 Å². The van der Waals surface area contributed by atoms with Gasteiger partial charge in [0.2, 0.25) is 17.7 Å². The number of hydrogen-bond donors (Lipinski definition) is 8. The van der Waals surface area contributed by atoms with Crippen molar-refractivity contribution in [2.24, 2.45) is 17.8 Å². The third-order valence-electron chi connectivity index (χ3n) is 14.7. The Morgan fingerprint density at radius 2 is 1.40 bits per heavy atom. The molecule has 25 nitrogen and oxygen atoms in total. The highest BCUT2D eigenvalue weighted by atomic mass is 32.1. The van der Waals surface area contributed by atoms with Crippen LogP contribution in [0.1, 0.15) is 138 Å². The summed E-state index contributed by atoms with van der Waals surface area (Å²) in [6.45, 7) is 4.99. The van der Waals surface area contributed by atoms with E-state index in [1.54, 1.807) is 70.9 Å². The van der Waals surface area contributed by atoms with Crippen molar-refractivity contribution in [2.75, 3.05) is 32.1 Å². The molecule has 8 N–H and O–H groups in total. The molecule has 1 fully saturated rings. The van der Waals surface area contributed by atoms with E-state index < -0.39 is 90.0 Å². The number of fused-ring (bicyclic) bond motifs is 14. The number of aliphatic hydroxyl groups is 1. The normalized spacial score (nSPS) is 18.4. The van der Waals surface area contributed by atoms with Crippen molar-refractivity contribution in [3.63, 3.8) is 0 Å². The van der Waals surface area contributed by atoms with Crippen molar-refractivity contribution >= 4 is 121 Å². The summed E-state index contributed by atoms with van der Waals surface area (Å²) in [6, 6.07) is 9.26. The number of pyridine rings is 1. The summed E-state index contributed by atoms with van der Waals surface area (Å²) < 4.78 is 5.45. The van der Waals surface area contributed by atoms with Crippen LogP contribution < -0.4 is 31.5 Å². The minimum Gasteiger partial charge on any atom is -0.481 e. The van der Waals surface area contributed by atoms with Gasteiger partial charge in [0.25, 0.3) is 17.7 Å². The number of carbonyl (C=O) groups is 8. The molecule has 0 spiro atoms. The number of carboxylic acid groups (broad SMARTS) is 2. The lowest BCUT2D eigenvalue weighted by Gasteiger charge is -2.35. The summed E-state index contributed by atoms with van der Waals surface area (Å²) in [5, 5.41) is 54.0. The predicted octanol–water partition coefficient (Wildman–Crippen LogP) is 8.01. The minimum atomic E-state index is -1.31. The standard InChI is InChI=1S/C58H59N13O12S6/c1-26(2)42-56-70-45(37(89-56)21-83-5)49(78)60-20-40(73)67-46(47(76)28-11-7-6-8-12-28)55-65-36(24-86-55)53-63-34(22-85-53)44-31(51-64-35(23-84-51)48(77)62-33(19-39(72)59-4)54-69-43(27(3)88-54)50(79)68-42)16-17-32(61-44)52-66-38(25-87-52)71(18-10-9-13-41(74)75)57(80)29-14-15-30(29)58(81)82/h6-8,11-12,16-17,22-26,29-30,33,42,46-47,76H,9-10,13-15,18-21H2,1-5H3,(H,59,72)(H,60,78)(H,62,77)(H,67,73)(H,68,79)(H,74,75)(H,81,82)/t29-,30+,33-,42?,46-,47-/m0/s1. The fourth-order valence-corrected chi connectivity index (χ4v) is 15.4. The van der Waals surface area contributed by atoms with E-state index in [4.69, 9.17) is 34.6 Å². The molecule has 8 heterocycles. The van der Waals surface area contributed by atoms with Gasteiger partial charge in [-0.15, -0.1) is 68.0 Å². The second kappa shape index (κ2) is 28.1. The van der Waals surface area contributed by atoms with E-state index in [0.717, 1.165) is 45.3 Å². The Morgan fingerprint density at radius 3 is 2.12 bits per heavy atom. The van der Waals surface area contributed by atoms with Gasteiger partial charge < -0.3 is 46.6 Å². The van der Waals surface area contributed by atoms with Crippen LogP contribution in [0.25, 0.3) is 43.4 Å². The second-order valence-electron chi connectivity index (χ2n) is 21.1. The zero-order chi connectivity index (χ0) is 63.2. The predicted molar refractivity (Wildman–Crippen MR) is 335 cm³/mol. The largest absolute Gasteiger partial charge is 0.481 e. The average molecular weight is 1320 g/mol. The molecular formula is C58H59N13O12S6. The summed E-state index contributed by atoms with van der Waals surface area (Å²) in [6.07, 6.45) is -0.347. The van der Waals surface area contributed by atoms with Crippen LogP contribution in [0.2, 0.25) is 0 Å². The molecule has 1 unspecified atom stereocenters. The molecule has 10 bridgehead atoms. The summed E-state index contributed by atoms with van der Waals surface area (Å²) in [5.41, 5.74) is 2.35. The summed E-state index contributed by atoms with van der Waals surface area (Å²) >= 11 is 7.00. The first kappa shape index (κ1) is 63.8. The van der Waals surface area contributed by atoms with E-state index in [9.17, 15) is 53.7 Å². The molecule has 89 heavy (non-hydrogen) atoms. The first-order chi connectivity index (χ1) is 42.8. The molecule has 1 aliphatic carbocycles. The number of rotatable bonds is 16. The molecule has 0 radical (unpaired) electrons. The van der Waals surface area contributed by atoms with Crippen LogP contribution in [0.15, 0.2) is 64.0 Å². The zero-order valence-corrected chi connectivity index (χ0v) is 53.2. The van der Waals surface area contributed by atoms with Crippen LogP contribution in [0.3, 0.4) is 0 Å². The molecule has 464 valence electrons. The topological polar surface area (TPSA) is 360 Å². The van der Waals surface area contributed by atoms with Gasteiger partial charge in [-0.05, 0) is 56.2 Å². The summed E-state index contributed by atoms with van der Waals surface area (Å²) in [5.74, 6) is -7.12. The number of nitrogens with one attached hydrogen (secondary N) is 5. The molecule has 6 amide bonds. The van der Waals surface area contributed by atoms with Crippen LogP contribution in [-0.2, 0) is 35.3 Å². The van der Waals surface area contributed by atoms with Crippen molar-refractivity contribution in [1.29, 1.82) is 0 Å². The SMILES string of the molecule is CNC(=O)C[C@@H]1NC(=O)c2csc(n2)-c2ccc(-c3nc(N(CCCCC(=O)O)C(=O)[C@H]4CC[C@H]4C(=O)O)cs3)nc2-c2csc(n2)-c2csc(n2)[C@H]([C@@H](O)c2ccccc2)NC(=O)CNC(=O)c2nc(sc2COC)C(C(C)C)NC(=O)c2nc1sc2C. The number of carboxylic acids is 2. The number of benzene rings is 1. The number of carbonyl (C=O) groups excluding carboxylic acids is 6. The Bertz CT molecular complexity index is 3970. The fourth-order valence-electron chi connectivity index (χ4n) is 9.87. The third kappa shape index (κ3) is 14.5. The molecule has 6 atom stereocenters. The molecular weight excluding hydrogens is 1260 g/mol. The van der Waals surface area contributed by atoms with Crippen molar-refractivity contribution in [3.8, 4) is 43.4 Å². The lowest BCUT2D eigenvalue weighted by atomic mass is 9.73. The maximum Gasteiger partial charge on any atom is 0.307 e. The Balaban J connectivity index is 1.05. The smallest absolute Gasteiger partial charge is 0.307 e. The molecule has 1 saturated carbocycles. The van der Waals surface area contributed by atoms with Crippen molar-refractivity contribution in [3.05, 3.63) is 111 Å². The first-order valence-electron chi connectivity index (χ1n) is 28.0.